The van der Waals surface area contributed by atoms with Gasteiger partial charge in [0.2, 0.25) is 5.91 Å². The zero-order valence-corrected chi connectivity index (χ0v) is 12.6. The van der Waals surface area contributed by atoms with Crippen LogP contribution >= 0.6 is 22.7 Å². The Morgan fingerprint density at radius 1 is 1.47 bits per heavy atom. The third-order valence-corrected chi connectivity index (χ3v) is 4.79. The van der Waals surface area contributed by atoms with Crippen LogP contribution in [0.5, 0.6) is 0 Å². The first-order valence-corrected chi connectivity index (χ1v) is 7.74. The quantitative estimate of drug-likeness (QED) is 0.890. The molecule has 2 aromatic heterocycles. The number of rotatable bonds is 5. The molecule has 2 aromatic rings. The van der Waals surface area contributed by atoms with E-state index in [2.05, 4.69) is 35.6 Å². The predicted octanol–water partition coefficient (Wildman–Crippen LogP) is 2.42. The lowest BCUT2D eigenvalue weighted by atomic mass is 9.91. The molecule has 0 saturated carbocycles. The number of thiophene rings is 1. The lowest BCUT2D eigenvalue weighted by molar-refractivity contribution is -0.120. The van der Waals surface area contributed by atoms with Gasteiger partial charge in [-0.25, -0.2) is 4.98 Å². The van der Waals surface area contributed by atoms with E-state index in [0.717, 1.165) is 5.69 Å². The van der Waals surface area contributed by atoms with E-state index in [9.17, 15) is 4.79 Å². The van der Waals surface area contributed by atoms with Crippen molar-refractivity contribution in [3.8, 4) is 0 Å². The molecule has 6 heteroatoms. The third-order valence-electron chi connectivity index (χ3n) is 2.83. The van der Waals surface area contributed by atoms with E-state index in [-0.39, 0.29) is 17.7 Å². The molecular formula is C13H17N3OS2. The lowest BCUT2D eigenvalue weighted by Crippen LogP contribution is -2.37. The molecule has 1 amide bonds. The molecule has 0 aliphatic heterocycles. The lowest BCUT2D eigenvalue weighted by Gasteiger charge is -2.23. The Balaban J connectivity index is 1.87. The number of thiazole rings is 1. The highest BCUT2D eigenvalue weighted by atomic mass is 32.1. The van der Waals surface area contributed by atoms with Gasteiger partial charge >= 0.3 is 0 Å². The van der Waals surface area contributed by atoms with Crippen LogP contribution < -0.4 is 11.1 Å². The van der Waals surface area contributed by atoms with Gasteiger partial charge in [-0.05, 0) is 11.4 Å². The molecule has 0 aromatic carbocycles. The van der Waals surface area contributed by atoms with Crippen molar-refractivity contribution in [2.45, 2.75) is 25.7 Å². The molecule has 0 atom stereocenters. The van der Waals surface area contributed by atoms with E-state index in [4.69, 9.17) is 5.73 Å². The summed E-state index contributed by atoms with van der Waals surface area (Å²) in [7, 11) is 0. The summed E-state index contributed by atoms with van der Waals surface area (Å²) in [5.41, 5.74) is 6.22. The fraction of sp³-hybridized carbons (Fsp3) is 0.385. The van der Waals surface area contributed by atoms with Crippen LogP contribution in [-0.4, -0.2) is 17.4 Å². The molecule has 0 unspecified atom stereocenters. The number of nitrogens with two attached hydrogens (primary N) is 1. The monoisotopic (exact) mass is 295 g/mol. The first-order valence-electron chi connectivity index (χ1n) is 5.98. The van der Waals surface area contributed by atoms with Gasteiger partial charge in [-0.2, -0.15) is 0 Å². The maximum absolute atomic E-state index is 11.9. The van der Waals surface area contributed by atoms with Crippen molar-refractivity contribution >= 4 is 33.7 Å². The summed E-state index contributed by atoms with van der Waals surface area (Å²) < 4.78 is 0. The number of anilines is 1. The Kier molecular flexibility index (Phi) is 4.21. The van der Waals surface area contributed by atoms with Crippen molar-refractivity contribution in [1.82, 2.24) is 10.3 Å². The molecule has 2 heterocycles. The van der Waals surface area contributed by atoms with Gasteiger partial charge in [0.15, 0.2) is 5.13 Å². The minimum absolute atomic E-state index is 0.0186. The number of nitrogen functional groups attached to an aromatic ring is 1. The summed E-state index contributed by atoms with van der Waals surface area (Å²) in [6.45, 7) is 4.87. The van der Waals surface area contributed by atoms with Crippen LogP contribution in [0, 0.1) is 0 Å². The molecule has 102 valence electrons. The van der Waals surface area contributed by atoms with Gasteiger partial charge in [0.25, 0.3) is 0 Å². The van der Waals surface area contributed by atoms with E-state index in [1.165, 1.54) is 16.2 Å². The number of aromatic nitrogens is 1. The Morgan fingerprint density at radius 2 is 2.26 bits per heavy atom. The smallest absolute Gasteiger partial charge is 0.226 e. The standard InChI is InChI=1S/C13H17N3OS2/c1-13(2,10-4-3-5-18-10)8-15-11(17)6-9-7-19-12(14)16-9/h3-5,7H,6,8H2,1-2H3,(H2,14,16)(H,15,17). The molecule has 0 radical (unpaired) electrons. The van der Waals surface area contributed by atoms with E-state index in [1.54, 1.807) is 11.3 Å². The maximum Gasteiger partial charge on any atom is 0.226 e. The van der Waals surface area contributed by atoms with Gasteiger partial charge in [-0.15, -0.1) is 22.7 Å². The maximum atomic E-state index is 11.9. The second-order valence-electron chi connectivity index (χ2n) is 4.99. The average molecular weight is 295 g/mol. The van der Waals surface area contributed by atoms with Gasteiger partial charge in [0.05, 0.1) is 12.1 Å². The van der Waals surface area contributed by atoms with Gasteiger partial charge in [0.1, 0.15) is 0 Å². The van der Waals surface area contributed by atoms with Crippen molar-refractivity contribution in [2.75, 3.05) is 12.3 Å². The van der Waals surface area contributed by atoms with Crippen molar-refractivity contribution in [2.24, 2.45) is 0 Å². The molecule has 2 rings (SSSR count). The fourth-order valence-electron chi connectivity index (χ4n) is 1.70. The van der Waals surface area contributed by atoms with E-state index < -0.39 is 0 Å². The van der Waals surface area contributed by atoms with Crippen LogP contribution in [-0.2, 0) is 16.6 Å². The zero-order chi connectivity index (χ0) is 13.9. The summed E-state index contributed by atoms with van der Waals surface area (Å²) in [6, 6.07) is 4.12. The van der Waals surface area contributed by atoms with Crippen LogP contribution in [0.25, 0.3) is 0 Å². The third kappa shape index (κ3) is 3.78. The molecule has 19 heavy (non-hydrogen) atoms. The Hall–Kier alpha value is -1.40. The van der Waals surface area contributed by atoms with E-state index in [0.29, 0.717) is 11.7 Å². The number of nitrogens with zero attached hydrogens (tertiary/aromatic N) is 1. The number of hydrogen-bond acceptors (Lipinski definition) is 5. The van der Waals surface area contributed by atoms with Gasteiger partial charge in [-0.3, -0.25) is 4.79 Å². The van der Waals surface area contributed by atoms with Gasteiger partial charge in [-0.1, -0.05) is 19.9 Å². The minimum Gasteiger partial charge on any atom is -0.375 e. The summed E-state index contributed by atoms with van der Waals surface area (Å²) in [4.78, 5) is 17.2. The molecule has 3 N–H and O–H groups in total. The minimum atomic E-state index is -0.0507. The van der Waals surface area contributed by atoms with Crippen molar-refractivity contribution in [1.29, 1.82) is 0 Å². The number of amides is 1. The predicted molar refractivity (Wildman–Crippen MR) is 80.6 cm³/mol. The van der Waals surface area contributed by atoms with Crippen LogP contribution in [0.4, 0.5) is 5.13 Å². The number of hydrogen-bond donors (Lipinski definition) is 2. The average Bonchev–Trinajstić information content (AvgIpc) is 2.98. The van der Waals surface area contributed by atoms with Crippen LogP contribution in [0.3, 0.4) is 0 Å². The Labute approximate surface area is 120 Å². The topological polar surface area (TPSA) is 68.0 Å². The molecule has 0 aliphatic rings. The number of nitrogens with one attached hydrogen (secondary N) is 1. The highest BCUT2D eigenvalue weighted by Gasteiger charge is 2.22. The van der Waals surface area contributed by atoms with Crippen LogP contribution in [0.2, 0.25) is 0 Å². The largest absolute Gasteiger partial charge is 0.375 e. The fourth-order valence-corrected chi connectivity index (χ4v) is 3.12. The van der Waals surface area contributed by atoms with Crippen LogP contribution in [0.1, 0.15) is 24.4 Å². The van der Waals surface area contributed by atoms with Gasteiger partial charge in [0, 0.05) is 22.2 Å². The molecule has 0 bridgehead atoms. The zero-order valence-electron chi connectivity index (χ0n) is 11.0. The SMILES string of the molecule is CC(C)(CNC(=O)Cc1csc(N)n1)c1cccs1. The first-order chi connectivity index (χ1) is 8.97. The summed E-state index contributed by atoms with van der Waals surface area (Å²) in [6.07, 6.45) is 0.286. The van der Waals surface area contributed by atoms with Crippen molar-refractivity contribution in [3.63, 3.8) is 0 Å². The Bertz CT molecular complexity index is 546. The summed E-state index contributed by atoms with van der Waals surface area (Å²) in [5.74, 6) is -0.0186. The van der Waals surface area contributed by atoms with Gasteiger partial charge < -0.3 is 11.1 Å². The van der Waals surface area contributed by atoms with Crippen molar-refractivity contribution < 1.29 is 4.79 Å². The van der Waals surface area contributed by atoms with Crippen molar-refractivity contribution in [3.05, 3.63) is 33.5 Å². The Morgan fingerprint density at radius 3 is 2.84 bits per heavy atom. The molecular weight excluding hydrogens is 278 g/mol. The normalized spacial score (nSPS) is 11.5. The summed E-state index contributed by atoms with van der Waals surface area (Å²) in [5, 5.41) is 7.33. The number of carbonyl (C=O) groups excluding carboxylic acids is 1. The van der Waals surface area contributed by atoms with E-state index in [1.807, 2.05) is 11.4 Å². The highest BCUT2D eigenvalue weighted by molar-refractivity contribution is 7.13. The molecule has 0 fully saturated rings. The summed E-state index contributed by atoms with van der Waals surface area (Å²) >= 11 is 3.07. The molecule has 4 nitrogen and oxygen atoms in total. The second kappa shape index (κ2) is 5.71. The highest BCUT2D eigenvalue weighted by Crippen LogP contribution is 2.26. The molecule has 0 spiro atoms. The first kappa shape index (κ1) is 14.0. The van der Waals surface area contributed by atoms with E-state index >= 15 is 0 Å². The molecule has 0 aliphatic carbocycles. The molecule has 0 saturated heterocycles. The second-order valence-corrected chi connectivity index (χ2v) is 6.83. The van der Waals surface area contributed by atoms with Crippen LogP contribution in [0.15, 0.2) is 22.9 Å². The number of carbonyl (C=O) groups is 1.